The highest BCUT2D eigenvalue weighted by Gasteiger charge is 2.31. The maximum Gasteiger partial charge on any atom is 0.279 e. The zero-order valence-electron chi connectivity index (χ0n) is 13.5. The maximum atomic E-state index is 12.2. The molecule has 0 fully saturated rings. The molecular formula is C13H31N3O2S. The van der Waals surface area contributed by atoms with E-state index in [0.29, 0.717) is 6.54 Å². The first-order valence-corrected chi connectivity index (χ1v) is 8.23. The van der Waals surface area contributed by atoms with Crippen LogP contribution in [0.4, 0.5) is 0 Å². The van der Waals surface area contributed by atoms with Crippen molar-refractivity contribution in [3.05, 3.63) is 0 Å². The summed E-state index contributed by atoms with van der Waals surface area (Å²) in [5.41, 5.74) is -0.370. The number of nitrogens with one attached hydrogen (secondary N) is 2. The molecule has 0 aliphatic carbocycles. The molecule has 5 nitrogen and oxygen atoms in total. The summed E-state index contributed by atoms with van der Waals surface area (Å²) >= 11 is 0. The molecule has 19 heavy (non-hydrogen) atoms. The normalized spacial score (nSPS) is 14.1. The molecule has 0 unspecified atom stereocenters. The molecule has 0 bridgehead atoms. The van der Waals surface area contributed by atoms with Gasteiger partial charge in [0.25, 0.3) is 10.2 Å². The number of nitrogens with zero attached hydrogens (tertiary/aromatic N) is 1. The van der Waals surface area contributed by atoms with Crippen molar-refractivity contribution in [3.8, 4) is 0 Å². The minimum atomic E-state index is -3.42. The average Bonchev–Trinajstić information content (AvgIpc) is 2.11. The molecule has 0 aromatic heterocycles. The zero-order valence-corrected chi connectivity index (χ0v) is 14.3. The third-order valence-electron chi connectivity index (χ3n) is 2.69. The monoisotopic (exact) mass is 293 g/mol. The number of rotatable bonds is 8. The largest absolute Gasteiger partial charge is 0.320 e. The Morgan fingerprint density at radius 1 is 1.11 bits per heavy atom. The summed E-state index contributed by atoms with van der Waals surface area (Å²) < 4.78 is 28.6. The van der Waals surface area contributed by atoms with Crippen molar-refractivity contribution in [1.82, 2.24) is 14.3 Å². The predicted octanol–water partition coefficient (Wildman–Crippen LogP) is 1.58. The molecule has 0 aromatic carbocycles. The third-order valence-corrected chi connectivity index (χ3v) is 4.50. The topological polar surface area (TPSA) is 61.4 Å². The van der Waals surface area contributed by atoms with Crippen molar-refractivity contribution >= 4 is 10.2 Å². The van der Waals surface area contributed by atoms with Crippen LogP contribution < -0.4 is 10.0 Å². The average molecular weight is 293 g/mol. The van der Waals surface area contributed by atoms with Crippen LogP contribution in [0, 0.1) is 5.41 Å². The maximum absolute atomic E-state index is 12.2. The van der Waals surface area contributed by atoms with Gasteiger partial charge in [-0.15, -0.1) is 0 Å². The van der Waals surface area contributed by atoms with Crippen molar-refractivity contribution in [2.75, 3.05) is 27.2 Å². The Kier molecular flexibility index (Phi) is 6.95. The molecule has 0 heterocycles. The first-order chi connectivity index (χ1) is 8.40. The van der Waals surface area contributed by atoms with Crippen molar-refractivity contribution < 1.29 is 8.42 Å². The standard InChI is InChI=1S/C13H31N3O2S/c1-12(2,3)11-13(4,5)15-19(17,18)16(7)10-8-9-14-6/h14-15H,8-11H2,1-7H3. The molecule has 0 amide bonds. The van der Waals surface area contributed by atoms with Crippen molar-refractivity contribution in [3.63, 3.8) is 0 Å². The van der Waals surface area contributed by atoms with Gasteiger partial charge in [-0.3, -0.25) is 0 Å². The van der Waals surface area contributed by atoms with E-state index in [0.717, 1.165) is 19.4 Å². The predicted molar refractivity (Wildman–Crippen MR) is 81.4 cm³/mol. The van der Waals surface area contributed by atoms with E-state index in [2.05, 4.69) is 30.8 Å². The SMILES string of the molecule is CNCCCN(C)S(=O)(=O)NC(C)(C)CC(C)(C)C. The third kappa shape index (κ3) is 8.57. The van der Waals surface area contributed by atoms with E-state index in [1.165, 1.54) is 4.31 Å². The molecule has 0 saturated heterocycles. The second kappa shape index (κ2) is 7.02. The number of hydrogen-bond acceptors (Lipinski definition) is 3. The molecule has 0 atom stereocenters. The number of hydrogen-bond donors (Lipinski definition) is 2. The van der Waals surface area contributed by atoms with E-state index < -0.39 is 15.7 Å². The van der Waals surface area contributed by atoms with Gasteiger partial charge in [0, 0.05) is 19.1 Å². The Morgan fingerprint density at radius 3 is 2.05 bits per heavy atom. The molecule has 0 aliphatic rings. The summed E-state index contributed by atoms with van der Waals surface area (Å²) in [5, 5.41) is 3.01. The Bertz CT molecular complexity index is 359. The van der Waals surface area contributed by atoms with E-state index in [4.69, 9.17) is 0 Å². The quantitative estimate of drug-likeness (QED) is 0.668. The Hall–Kier alpha value is -0.170. The Balaban J connectivity index is 4.58. The highest BCUT2D eigenvalue weighted by Crippen LogP contribution is 2.27. The summed E-state index contributed by atoms with van der Waals surface area (Å²) in [5.74, 6) is 0. The van der Waals surface area contributed by atoms with E-state index in [1.807, 2.05) is 20.9 Å². The van der Waals surface area contributed by atoms with E-state index in [1.54, 1.807) is 7.05 Å². The minimum Gasteiger partial charge on any atom is -0.320 e. The minimum absolute atomic E-state index is 0.0801. The van der Waals surface area contributed by atoms with Crippen LogP contribution in [-0.4, -0.2) is 45.4 Å². The van der Waals surface area contributed by atoms with Gasteiger partial charge in [0.2, 0.25) is 0 Å². The van der Waals surface area contributed by atoms with Gasteiger partial charge < -0.3 is 5.32 Å². The fourth-order valence-electron chi connectivity index (χ4n) is 2.39. The molecule has 0 aliphatic heterocycles. The summed E-state index contributed by atoms with van der Waals surface area (Å²) in [6.45, 7) is 11.5. The molecule has 116 valence electrons. The first-order valence-electron chi connectivity index (χ1n) is 6.79. The molecule has 0 saturated carbocycles. The Morgan fingerprint density at radius 2 is 1.63 bits per heavy atom. The second-order valence-electron chi connectivity index (χ2n) is 7.01. The first kappa shape index (κ1) is 18.8. The van der Waals surface area contributed by atoms with Crippen LogP contribution in [-0.2, 0) is 10.2 Å². The lowest BCUT2D eigenvalue weighted by atomic mass is 9.82. The fraction of sp³-hybridized carbons (Fsp3) is 1.00. The van der Waals surface area contributed by atoms with Gasteiger partial charge in [-0.05, 0) is 45.7 Å². The molecule has 6 heteroatoms. The van der Waals surface area contributed by atoms with Crippen LogP contribution in [0.15, 0.2) is 0 Å². The van der Waals surface area contributed by atoms with Gasteiger partial charge in [0.15, 0.2) is 0 Å². The summed E-state index contributed by atoms with van der Waals surface area (Å²) in [7, 11) is 0.0613. The molecule has 2 N–H and O–H groups in total. The smallest absolute Gasteiger partial charge is 0.279 e. The fourth-order valence-corrected chi connectivity index (χ4v) is 3.68. The van der Waals surface area contributed by atoms with Crippen LogP contribution in [0.5, 0.6) is 0 Å². The molecule has 0 spiro atoms. The molecule has 0 aromatic rings. The lowest BCUT2D eigenvalue weighted by Crippen LogP contribution is -2.51. The van der Waals surface area contributed by atoms with E-state index >= 15 is 0 Å². The van der Waals surface area contributed by atoms with Gasteiger partial charge >= 0.3 is 0 Å². The summed E-state index contributed by atoms with van der Waals surface area (Å²) in [4.78, 5) is 0. The van der Waals surface area contributed by atoms with Gasteiger partial charge in [0.1, 0.15) is 0 Å². The Labute approximate surface area is 119 Å². The lowest BCUT2D eigenvalue weighted by molar-refractivity contribution is 0.265. The van der Waals surface area contributed by atoms with E-state index in [-0.39, 0.29) is 5.41 Å². The lowest BCUT2D eigenvalue weighted by Gasteiger charge is -2.34. The van der Waals surface area contributed by atoms with Gasteiger partial charge in [0.05, 0.1) is 0 Å². The van der Waals surface area contributed by atoms with Crippen LogP contribution in [0.2, 0.25) is 0 Å². The second-order valence-corrected chi connectivity index (χ2v) is 8.78. The van der Waals surface area contributed by atoms with Gasteiger partial charge in [-0.2, -0.15) is 17.4 Å². The van der Waals surface area contributed by atoms with Gasteiger partial charge in [-0.25, -0.2) is 0 Å². The molecule has 0 radical (unpaired) electrons. The zero-order chi connectivity index (χ0) is 15.3. The summed E-state index contributed by atoms with van der Waals surface area (Å²) in [6.07, 6.45) is 1.58. The van der Waals surface area contributed by atoms with Crippen LogP contribution in [0.25, 0.3) is 0 Å². The summed E-state index contributed by atoms with van der Waals surface area (Å²) in [6, 6.07) is 0. The molecule has 0 rings (SSSR count). The van der Waals surface area contributed by atoms with Crippen LogP contribution in [0.1, 0.15) is 47.5 Å². The highest BCUT2D eigenvalue weighted by atomic mass is 32.2. The van der Waals surface area contributed by atoms with E-state index in [9.17, 15) is 8.42 Å². The van der Waals surface area contributed by atoms with Crippen LogP contribution in [0.3, 0.4) is 0 Å². The van der Waals surface area contributed by atoms with Gasteiger partial charge in [-0.1, -0.05) is 20.8 Å². The van der Waals surface area contributed by atoms with Crippen molar-refractivity contribution in [2.24, 2.45) is 5.41 Å². The van der Waals surface area contributed by atoms with Crippen molar-refractivity contribution in [1.29, 1.82) is 0 Å². The molecular weight excluding hydrogens is 262 g/mol. The van der Waals surface area contributed by atoms with Crippen LogP contribution >= 0.6 is 0 Å². The highest BCUT2D eigenvalue weighted by molar-refractivity contribution is 7.87. The van der Waals surface area contributed by atoms with Crippen molar-refractivity contribution in [2.45, 2.75) is 53.0 Å².